The first-order valence-electron chi connectivity index (χ1n) is 8.24. The summed E-state index contributed by atoms with van der Waals surface area (Å²) in [7, 11) is 2.13. The summed E-state index contributed by atoms with van der Waals surface area (Å²) in [5.41, 5.74) is 7.28. The smallest absolute Gasteiger partial charge is 0.240 e. The summed E-state index contributed by atoms with van der Waals surface area (Å²) in [5, 5.41) is 0. The van der Waals surface area contributed by atoms with E-state index in [0.29, 0.717) is 6.54 Å². The summed E-state index contributed by atoms with van der Waals surface area (Å²) in [6, 6.07) is 3.84. The Hall–Kier alpha value is -1.11. The normalized spacial score (nSPS) is 17.9. The molecule has 0 aliphatic carbocycles. The van der Waals surface area contributed by atoms with Crippen LogP contribution in [-0.2, 0) is 11.3 Å². The number of aromatic nitrogens is 1. The fraction of sp³-hybridized carbons (Fsp3) is 0.647. The van der Waals surface area contributed by atoms with Gasteiger partial charge in [-0.1, -0.05) is 0 Å². The monoisotopic (exact) mass is 336 g/mol. The second-order valence-electron chi connectivity index (χ2n) is 6.24. The third kappa shape index (κ3) is 5.48. The summed E-state index contributed by atoms with van der Waals surface area (Å²) in [5.74, 6) is 1.01. The maximum absolute atomic E-state index is 12.9. The quantitative estimate of drug-likeness (QED) is 0.819. The van der Waals surface area contributed by atoms with E-state index in [4.69, 9.17) is 5.73 Å². The number of likely N-dealkylation sites (tertiary alicyclic amines) is 1. The van der Waals surface area contributed by atoms with E-state index >= 15 is 0 Å². The van der Waals surface area contributed by atoms with E-state index in [2.05, 4.69) is 16.9 Å². The van der Waals surface area contributed by atoms with E-state index in [1.807, 2.05) is 23.3 Å². The molecule has 1 atom stereocenters. The van der Waals surface area contributed by atoms with Crippen molar-refractivity contribution in [2.24, 2.45) is 5.73 Å². The number of rotatable bonds is 7. The Morgan fingerprint density at radius 1 is 1.43 bits per heavy atom. The van der Waals surface area contributed by atoms with Gasteiger partial charge in [-0.05, 0) is 69.1 Å². The van der Waals surface area contributed by atoms with Crippen molar-refractivity contribution in [2.45, 2.75) is 37.9 Å². The fourth-order valence-electron chi connectivity index (χ4n) is 2.96. The minimum atomic E-state index is -0.399. The summed E-state index contributed by atoms with van der Waals surface area (Å²) in [6.07, 6.45) is 8.37. The molecule has 1 aliphatic rings. The van der Waals surface area contributed by atoms with E-state index in [-0.39, 0.29) is 11.9 Å². The van der Waals surface area contributed by atoms with Gasteiger partial charge in [0.1, 0.15) is 0 Å². The number of carbonyl (C=O) groups is 1. The van der Waals surface area contributed by atoms with Crippen molar-refractivity contribution in [2.75, 3.05) is 32.1 Å². The average molecular weight is 337 g/mol. The molecule has 0 aromatic carbocycles. The van der Waals surface area contributed by atoms with E-state index in [1.54, 1.807) is 24.2 Å². The highest BCUT2D eigenvalue weighted by molar-refractivity contribution is 7.98. The number of nitrogens with zero attached hydrogens (tertiary/aromatic N) is 3. The van der Waals surface area contributed by atoms with Crippen LogP contribution in [0.2, 0.25) is 0 Å². The molecule has 6 heteroatoms. The zero-order valence-corrected chi connectivity index (χ0v) is 15.0. The predicted octanol–water partition coefficient (Wildman–Crippen LogP) is 1.58. The van der Waals surface area contributed by atoms with Crippen molar-refractivity contribution in [3.05, 3.63) is 30.1 Å². The second kappa shape index (κ2) is 9.25. The Kier molecular flexibility index (Phi) is 7.33. The van der Waals surface area contributed by atoms with Crippen molar-refractivity contribution in [1.82, 2.24) is 14.8 Å². The van der Waals surface area contributed by atoms with Gasteiger partial charge in [0, 0.05) is 25.0 Å². The molecule has 1 saturated heterocycles. The van der Waals surface area contributed by atoms with Crippen molar-refractivity contribution < 1.29 is 4.79 Å². The average Bonchev–Trinajstić information content (AvgIpc) is 2.59. The first kappa shape index (κ1) is 18.2. The third-order valence-corrected chi connectivity index (χ3v) is 5.11. The summed E-state index contributed by atoms with van der Waals surface area (Å²) >= 11 is 1.73. The molecule has 0 bridgehead atoms. The highest BCUT2D eigenvalue weighted by Gasteiger charge is 2.29. The molecule has 2 rings (SSSR count). The molecule has 1 aromatic rings. The molecule has 0 unspecified atom stereocenters. The van der Waals surface area contributed by atoms with Crippen LogP contribution in [0, 0.1) is 0 Å². The SMILES string of the molecule is CSCC[C@H](N)C(=O)N(Cc1ccncc1)C1CCN(C)CC1. The van der Waals surface area contributed by atoms with Crippen molar-refractivity contribution in [3.8, 4) is 0 Å². The molecule has 0 radical (unpaired) electrons. The molecule has 1 aromatic heterocycles. The Morgan fingerprint density at radius 3 is 2.70 bits per heavy atom. The minimum absolute atomic E-state index is 0.0883. The molecule has 5 nitrogen and oxygen atoms in total. The molecule has 23 heavy (non-hydrogen) atoms. The van der Waals surface area contributed by atoms with Crippen molar-refractivity contribution in [1.29, 1.82) is 0 Å². The topological polar surface area (TPSA) is 62.5 Å². The van der Waals surface area contributed by atoms with Gasteiger partial charge in [0.25, 0.3) is 0 Å². The van der Waals surface area contributed by atoms with Gasteiger partial charge in [-0.15, -0.1) is 0 Å². The minimum Gasteiger partial charge on any atom is -0.334 e. The number of carbonyl (C=O) groups excluding carboxylic acids is 1. The van der Waals surface area contributed by atoms with Crippen LogP contribution < -0.4 is 5.73 Å². The predicted molar refractivity (Wildman–Crippen MR) is 96.3 cm³/mol. The number of thioether (sulfide) groups is 1. The number of hydrogen-bond donors (Lipinski definition) is 1. The van der Waals surface area contributed by atoms with E-state index in [1.165, 1.54) is 0 Å². The summed E-state index contributed by atoms with van der Waals surface area (Å²) in [6.45, 7) is 2.69. The van der Waals surface area contributed by atoms with Gasteiger partial charge in [0.05, 0.1) is 6.04 Å². The van der Waals surface area contributed by atoms with Crippen LogP contribution in [0.5, 0.6) is 0 Å². The van der Waals surface area contributed by atoms with Crippen LogP contribution in [0.25, 0.3) is 0 Å². The molecule has 1 amide bonds. The van der Waals surface area contributed by atoms with Gasteiger partial charge in [-0.2, -0.15) is 11.8 Å². The van der Waals surface area contributed by atoms with Crippen molar-refractivity contribution in [3.63, 3.8) is 0 Å². The molecule has 1 aliphatic heterocycles. The number of piperidine rings is 1. The molecular formula is C17H28N4OS. The molecule has 2 N–H and O–H groups in total. The first-order valence-corrected chi connectivity index (χ1v) is 9.63. The van der Waals surface area contributed by atoms with Gasteiger partial charge in [-0.25, -0.2) is 0 Å². The first-order chi connectivity index (χ1) is 11.1. The Morgan fingerprint density at radius 2 is 2.09 bits per heavy atom. The molecule has 128 valence electrons. The van der Waals surface area contributed by atoms with Gasteiger partial charge in [-0.3, -0.25) is 9.78 Å². The molecule has 0 saturated carbocycles. The van der Waals surface area contributed by atoms with Crippen LogP contribution in [0.15, 0.2) is 24.5 Å². The third-order valence-electron chi connectivity index (χ3n) is 4.46. The van der Waals surface area contributed by atoms with Gasteiger partial charge in [0.2, 0.25) is 5.91 Å². The maximum Gasteiger partial charge on any atom is 0.240 e. The molecule has 1 fully saturated rings. The van der Waals surface area contributed by atoms with Crippen LogP contribution in [-0.4, -0.2) is 64.9 Å². The van der Waals surface area contributed by atoms with Crippen LogP contribution in [0.4, 0.5) is 0 Å². The van der Waals surface area contributed by atoms with Crippen molar-refractivity contribution >= 4 is 17.7 Å². The molecule has 0 spiro atoms. The van der Waals surface area contributed by atoms with Gasteiger partial charge >= 0.3 is 0 Å². The van der Waals surface area contributed by atoms with Crippen LogP contribution in [0.3, 0.4) is 0 Å². The van der Waals surface area contributed by atoms with Gasteiger partial charge < -0.3 is 15.5 Å². The Bertz CT molecular complexity index is 477. The number of hydrogen-bond acceptors (Lipinski definition) is 5. The Balaban J connectivity index is 2.08. The largest absolute Gasteiger partial charge is 0.334 e. The lowest BCUT2D eigenvalue weighted by molar-refractivity contribution is -0.136. The van der Waals surface area contributed by atoms with E-state index in [0.717, 1.165) is 43.7 Å². The second-order valence-corrected chi connectivity index (χ2v) is 7.23. The Labute approximate surface area is 143 Å². The van der Waals surface area contributed by atoms with Gasteiger partial charge in [0.15, 0.2) is 0 Å². The lowest BCUT2D eigenvalue weighted by Gasteiger charge is -2.38. The molecular weight excluding hydrogens is 308 g/mol. The molecule has 2 heterocycles. The maximum atomic E-state index is 12.9. The highest BCUT2D eigenvalue weighted by Crippen LogP contribution is 2.20. The zero-order valence-electron chi connectivity index (χ0n) is 14.1. The summed E-state index contributed by atoms with van der Waals surface area (Å²) < 4.78 is 0. The zero-order chi connectivity index (χ0) is 16.7. The van der Waals surface area contributed by atoms with E-state index in [9.17, 15) is 4.79 Å². The highest BCUT2D eigenvalue weighted by atomic mass is 32.2. The lowest BCUT2D eigenvalue weighted by Crippen LogP contribution is -2.51. The standard InChI is InChI=1S/C17H28N4OS/c1-20-10-5-15(6-11-20)21(13-14-3-8-19-9-4-14)17(22)16(18)7-12-23-2/h3-4,8-9,15-16H,5-7,10-13,18H2,1-2H3/t16-/m0/s1. The van der Waals surface area contributed by atoms with Crippen LogP contribution in [0.1, 0.15) is 24.8 Å². The van der Waals surface area contributed by atoms with Crippen LogP contribution >= 0.6 is 11.8 Å². The van der Waals surface area contributed by atoms with E-state index < -0.39 is 6.04 Å². The number of amides is 1. The lowest BCUT2D eigenvalue weighted by atomic mass is 10.0. The number of nitrogens with two attached hydrogens (primary N) is 1. The number of pyridine rings is 1. The fourth-order valence-corrected chi connectivity index (χ4v) is 3.45. The summed E-state index contributed by atoms with van der Waals surface area (Å²) in [4.78, 5) is 21.3.